The number of halogens is 1. The Morgan fingerprint density at radius 2 is 2.11 bits per heavy atom. The molecule has 0 aromatic heterocycles. The number of benzene rings is 1. The van der Waals surface area contributed by atoms with E-state index in [-0.39, 0.29) is 11.9 Å². The molecule has 0 aliphatic heterocycles. The second kappa shape index (κ2) is 6.69. The molecule has 1 unspecified atom stereocenters. The molecule has 0 radical (unpaired) electrons. The molecule has 0 amide bonds. The van der Waals surface area contributed by atoms with E-state index in [9.17, 15) is 4.39 Å². The van der Waals surface area contributed by atoms with Gasteiger partial charge in [0.1, 0.15) is 5.82 Å². The summed E-state index contributed by atoms with van der Waals surface area (Å²) >= 11 is 0. The van der Waals surface area contributed by atoms with Gasteiger partial charge >= 0.3 is 0 Å². The van der Waals surface area contributed by atoms with Crippen molar-refractivity contribution in [2.75, 3.05) is 6.54 Å². The fourth-order valence-electron chi connectivity index (χ4n) is 2.56. The summed E-state index contributed by atoms with van der Waals surface area (Å²) in [5.41, 5.74) is 2.15. The van der Waals surface area contributed by atoms with Gasteiger partial charge < -0.3 is 5.32 Å². The minimum absolute atomic E-state index is 0.0615. The zero-order chi connectivity index (χ0) is 12.8. The molecule has 98 valence electrons. The van der Waals surface area contributed by atoms with E-state index in [2.05, 4.69) is 18.3 Å². The fourth-order valence-corrected chi connectivity index (χ4v) is 2.56. The average Bonchev–Trinajstić information content (AvgIpc) is 2.42. The highest BCUT2D eigenvalue weighted by atomic mass is 19.1. The van der Waals surface area contributed by atoms with E-state index in [4.69, 9.17) is 0 Å². The Kier molecular flexibility index (Phi) is 4.94. The summed E-state index contributed by atoms with van der Waals surface area (Å²) in [6, 6.07) is 7.19. The number of rotatable bonds is 5. The van der Waals surface area contributed by atoms with Crippen molar-refractivity contribution in [3.05, 3.63) is 47.3 Å². The predicted octanol–water partition coefficient (Wildman–Crippen LogP) is 4.37. The van der Waals surface area contributed by atoms with Gasteiger partial charge in [0, 0.05) is 5.56 Å². The summed E-state index contributed by atoms with van der Waals surface area (Å²) in [5, 5.41) is 3.49. The van der Waals surface area contributed by atoms with E-state index in [0.717, 1.165) is 31.4 Å². The van der Waals surface area contributed by atoms with Crippen LogP contribution in [-0.4, -0.2) is 6.54 Å². The number of hydrogen-bond donors (Lipinski definition) is 1. The molecular formula is C16H22FN. The first kappa shape index (κ1) is 13.3. The normalized spacial score (nSPS) is 17.3. The maximum atomic E-state index is 14.0. The molecule has 1 aliphatic rings. The van der Waals surface area contributed by atoms with Crippen molar-refractivity contribution in [3.63, 3.8) is 0 Å². The molecule has 0 spiro atoms. The Hall–Kier alpha value is -1.15. The van der Waals surface area contributed by atoms with E-state index in [1.54, 1.807) is 12.1 Å². The summed E-state index contributed by atoms with van der Waals surface area (Å²) in [7, 11) is 0. The molecule has 0 heterocycles. The van der Waals surface area contributed by atoms with Crippen molar-refractivity contribution in [1.82, 2.24) is 5.32 Å². The maximum Gasteiger partial charge on any atom is 0.128 e. The number of allylic oxidation sites excluding steroid dienone is 1. The van der Waals surface area contributed by atoms with Crippen LogP contribution in [0.25, 0.3) is 0 Å². The molecule has 18 heavy (non-hydrogen) atoms. The Labute approximate surface area is 109 Å². The summed E-state index contributed by atoms with van der Waals surface area (Å²) < 4.78 is 14.0. The topological polar surface area (TPSA) is 12.0 Å². The predicted molar refractivity (Wildman–Crippen MR) is 74.0 cm³/mol. The minimum atomic E-state index is -0.0995. The summed E-state index contributed by atoms with van der Waals surface area (Å²) in [4.78, 5) is 0. The summed E-state index contributed by atoms with van der Waals surface area (Å²) in [6.45, 7) is 3.07. The van der Waals surface area contributed by atoms with Gasteiger partial charge in [-0.25, -0.2) is 4.39 Å². The monoisotopic (exact) mass is 247 g/mol. The molecule has 0 bridgehead atoms. The van der Waals surface area contributed by atoms with Crippen LogP contribution in [0.5, 0.6) is 0 Å². The van der Waals surface area contributed by atoms with Gasteiger partial charge in [-0.15, -0.1) is 0 Å². The molecule has 0 saturated heterocycles. The van der Waals surface area contributed by atoms with Crippen LogP contribution in [0.15, 0.2) is 35.9 Å². The van der Waals surface area contributed by atoms with E-state index < -0.39 is 0 Å². The molecular weight excluding hydrogens is 225 g/mol. The highest BCUT2D eigenvalue weighted by Crippen LogP contribution is 2.31. The van der Waals surface area contributed by atoms with Crippen LogP contribution in [0.1, 0.15) is 50.6 Å². The SMILES string of the molecule is CCCNC(C1=CCCCC1)c1ccccc1F. The van der Waals surface area contributed by atoms with Crippen molar-refractivity contribution in [1.29, 1.82) is 0 Å². The average molecular weight is 247 g/mol. The highest BCUT2D eigenvalue weighted by Gasteiger charge is 2.20. The zero-order valence-electron chi connectivity index (χ0n) is 11.1. The molecule has 1 aliphatic carbocycles. The van der Waals surface area contributed by atoms with Gasteiger partial charge in [-0.05, 0) is 44.7 Å². The van der Waals surface area contributed by atoms with E-state index in [0.29, 0.717) is 0 Å². The van der Waals surface area contributed by atoms with Gasteiger partial charge in [-0.3, -0.25) is 0 Å². The molecule has 2 heteroatoms. The lowest BCUT2D eigenvalue weighted by molar-refractivity contribution is 0.516. The lowest BCUT2D eigenvalue weighted by atomic mass is 9.89. The fraction of sp³-hybridized carbons (Fsp3) is 0.500. The summed E-state index contributed by atoms with van der Waals surface area (Å²) in [6.07, 6.45) is 8.08. The van der Waals surface area contributed by atoms with Gasteiger partial charge in [0.15, 0.2) is 0 Å². The minimum Gasteiger partial charge on any atom is -0.306 e. The molecule has 1 aromatic rings. The van der Waals surface area contributed by atoms with Crippen LogP contribution in [-0.2, 0) is 0 Å². The van der Waals surface area contributed by atoms with Crippen LogP contribution in [0.3, 0.4) is 0 Å². The molecule has 1 aromatic carbocycles. The molecule has 1 N–H and O–H groups in total. The lowest BCUT2D eigenvalue weighted by Gasteiger charge is -2.25. The van der Waals surface area contributed by atoms with Gasteiger partial charge in [-0.1, -0.05) is 36.8 Å². The van der Waals surface area contributed by atoms with Crippen molar-refractivity contribution in [2.24, 2.45) is 0 Å². The molecule has 0 saturated carbocycles. The first-order valence-electron chi connectivity index (χ1n) is 6.99. The van der Waals surface area contributed by atoms with E-state index >= 15 is 0 Å². The first-order valence-corrected chi connectivity index (χ1v) is 6.99. The van der Waals surface area contributed by atoms with Gasteiger partial charge in [-0.2, -0.15) is 0 Å². The first-order chi connectivity index (χ1) is 8.83. The Bertz CT molecular complexity index is 411. The van der Waals surface area contributed by atoms with E-state index in [1.807, 2.05) is 12.1 Å². The van der Waals surface area contributed by atoms with Gasteiger partial charge in [0.2, 0.25) is 0 Å². The van der Waals surface area contributed by atoms with Crippen molar-refractivity contribution < 1.29 is 4.39 Å². The van der Waals surface area contributed by atoms with Gasteiger partial charge in [0.25, 0.3) is 0 Å². The Balaban J connectivity index is 2.24. The quantitative estimate of drug-likeness (QED) is 0.762. The third-order valence-electron chi connectivity index (χ3n) is 3.51. The Morgan fingerprint density at radius 3 is 2.78 bits per heavy atom. The Morgan fingerprint density at radius 1 is 1.28 bits per heavy atom. The molecule has 1 atom stereocenters. The smallest absolute Gasteiger partial charge is 0.128 e. The van der Waals surface area contributed by atoms with Crippen LogP contribution in [0.4, 0.5) is 4.39 Å². The van der Waals surface area contributed by atoms with Crippen LogP contribution in [0.2, 0.25) is 0 Å². The second-order valence-corrected chi connectivity index (χ2v) is 4.93. The largest absolute Gasteiger partial charge is 0.306 e. The van der Waals surface area contributed by atoms with Crippen molar-refractivity contribution in [3.8, 4) is 0 Å². The third-order valence-corrected chi connectivity index (χ3v) is 3.51. The van der Waals surface area contributed by atoms with Crippen molar-refractivity contribution >= 4 is 0 Å². The highest BCUT2D eigenvalue weighted by molar-refractivity contribution is 5.30. The van der Waals surface area contributed by atoms with Crippen LogP contribution >= 0.6 is 0 Å². The maximum absolute atomic E-state index is 14.0. The van der Waals surface area contributed by atoms with Crippen molar-refractivity contribution in [2.45, 2.75) is 45.1 Å². The standard InChI is InChI=1S/C16H22FN/c1-2-12-18-16(13-8-4-3-5-9-13)14-10-6-7-11-15(14)17/h6-8,10-11,16,18H,2-5,9,12H2,1H3. The third kappa shape index (κ3) is 3.20. The molecule has 2 rings (SSSR count). The second-order valence-electron chi connectivity index (χ2n) is 4.93. The van der Waals surface area contributed by atoms with Gasteiger partial charge in [0.05, 0.1) is 6.04 Å². The molecule has 1 nitrogen and oxygen atoms in total. The molecule has 0 fully saturated rings. The van der Waals surface area contributed by atoms with Crippen LogP contribution in [0, 0.1) is 5.82 Å². The number of nitrogens with one attached hydrogen (secondary N) is 1. The van der Waals surface area contributed by atoms with E-state index in [1.165, 1.54) is 18.4 Å². The van der Waals surface area contributed by atoms with Crippen LogP contribution < -0.4 is 5.32 Å². The zero-order valence-corrected chi connectivity index (χ0v) is 11.1. The lowest BCUT2D eigenvalue weighted by Crippen LogP contribution is -2.25. The summed E-state index contributed by atoms with van der Waals surface area (Å²) in [5.74, 6) is -0.0995. The number of hydrogen-bond acceptors (Lipinski definition) is 1.